The Bertz CT molecular complexity index is 805. The number of aromatic nitrogens is 1. The Morgan fingerprint density at radius 2 is 2.12 bits per heavy atom. The number of rotatable bonds is 5. The van der Waals surface area contributed by atoms with E-state index >= 15 is 0 Å². The van der Waals surface area contributed by atoms with E-state index < -0.39 is 10.1 Å². The molecule has 0 spiro atoms. The topological polar surface area (TPSA) is 65.5 Å². The molecule has 0 bridgehead atoms. The van der Waals surface area contributed by atoms with Gasteiger partial charge in [-0.25, -0.2) is 0 Å². The van der Waals surface area contributed by atoms with E-state index in [-0.39, 0.29) is 17.8 Å². The predicted octanol–water partition coefficient (Wildman–Crippen LogP) is 3.19. The van der Waals surface area contributed by atoms with E-state index in [1.165, 1.54) is 0 Å². The second-order valence-electron chi connectivity index (χ2n) is 6.20. The lowest BCUT2D eigenvalue weighted by Crippen LogP contribution is -2.28. The number of pyridine rings is 1. The van der Waals surface area contributed by atoms with Gasteiger partial charge >= 0.3 is 10.1 Å². The molecule has 5 nitrogen and oxygen atoms in total. The summed E-state index contributed by atoms with van der Waals surface area (Å²) in [6.45, 7) is 4.45. The van der Waals surface area contributed by atoms with Gasteiger partial charge in [-0.1, -0.05) is 19.1 Å². The molecule has 0 N–H and O–H groups in total. The number of benzene rings is 1. The smallest absolute Gasteiger partial charge is 0.311 e. The van der Waals surface area contributed by atoms with E-state index in [0.717, 1.165) is 23.1 Å². The number of nitrogens with zero attached hydrogens (tertiary/aromatic N) is 1. The summed E-state index contributed by atoms with van der Waals surface area (Å²) >= 11 is 0. The van der Waals surface area contributed by atoms with Crippen molar-refractivity contribution >= 4 is 10.1 Å². The average molecular weight is 347 g/mol. The van der Waals surface area contributed by atoms with Gasteiger partial charge in [0.15, 0.2) is 0 Å². The van der Waals surface area contributed by atoms with E-state index in [9.17, 15) is 8.42 Å². The van der Waals surface area contributed by atoms with Gasteiger partial charge < -0.3 is 8.92 Å². The molecule has 1 aliphatic rings. The zero-order chi connectivity index (χ0) is 17.2. The van der Waals surface area contributed by atoms with E-state index in [2.05, 4.69) is 4.98 Å². The Morgan fingerprint density at radius 3 is 2.75 bits per heavy atom. The fraction of sp³-hybridized carbons (Fsp3) is 0.389. The molecule has 1 aromatic carbocycles. The first kappa shape index (κ1) is 16.9. The van der Waals surface area contributed by atoms with Gasteiger partial charge in [-0.05, 0) is 48.6 Å². The third-order valence-corrected chi connectivity index (χ3v) is 5.47. The Hall–Kier alpha value is -1.92. The number of hydrogen-bond acceptors (Lipinski definition) is 5. The largest absolute Gasteiger partial charge is 0.382 e. The van der Waals surface area contributed by atoms with E-state index in [4.69, 9.17) is 8.92 Å². The highest BCUT2D eigenvalue weighted by Crippen LogP contribution is 2.28. The Labute approximate surface area is 142 Å². The third-order valence-electron chi connectivity index (χ3n) is 4.29. The minimum atomic E-state index is -3.69. The Kier molecular flexibility index (Phi) is 4.87. The highest BCUT2D eigenvalue weighted by molar-refractivity contribution is 7.87. The van der Waals surface area contributed by atoms with E-state index in [1.54, 1.807) is 18.5 Å². The van der Waals surface area contributed by atoms with Gasteiger partial charge in [0.25, 0.3) is 0 Å². The van der Waals surface area contributed by atoms with Crippen LogP contribution in [-0.2, 0) is 14.9 Å². The molecule has 3 rings (SSSR count). The lowest BCUT2D eigenvalue weighted by atomic mass is 10.1. The van der Waals surface area contributed by atoms with Crippen LogP contribution in [-0.4, -0.2) is 31.9 Å². The van der Waals surface area contributed by atoms with Gasteiger partial charge in [0.1, 0.15) is 11.5 Å². The van der Waals surface area contributed by atoms with Crippen LogP contribution in [0.2, 0.25) is 0 Å². The van der Waals surface area contributed by atoms with Crippen molar-refractivity contribution in [3.63, 3.8) is 0 Å². The van der Waals surface area contributed by atoms with Crippen LogP contribution in [0.3, 0.4) is 0 Å². The lowest BCUT2D eigenvalue weighted by Gasteiger charge is -2.16. The van der Waals surface area contributed by atoms with Crippen molar-refractivity contribution in [1.82, 2.24) is 4.98 Å². The Morgan fingerprint density at radius 1 is 1.29 bits per heavy atom. The SMILES string of the molecule is Cc1cc(-c2cccnc2)ccc1OS(=O)(=O)C[C@H]1OCC[C@H]1C. The van der Waals surface area contributed by atoms with Crippen LogP contribution in [0.25, 0.3) is 11.1 Å². The van der Waals surface area contributed by atoms with Crippen LogP contribution in [0, 0.1) is 12.8 Å². The maximum absolute atomic E-state index is 12.3. The minimum Gasteiger partial charge on any atom is -0.382 e. The molecule has 1 fully saturated rings. The van der Waals surface area contributed by atoms with Crippen molar-refractivity contribution in [3.8, 4) is 16.9 Å². The fourth-order valence-corrected chi connectivity index (χ4v) is 4.15. The molecular weight excluding hydrogens is 326 g/mol. The second-order valence-corrected chi connectivity index (χ2v) is 7.82. The molecule has 6 heteroatoms. The summed E-state index contributed by atoms with van der Waals surface area (Å²) in [4.78, 5) is 4.10. The summed E-state index contributed by atoms with van der Waals surface area (Å²) in [6, 6.07) is 9.24. The van der Waals surface area contributed by atoms with E-state index in [0.29, 0.717) is 12.4 Å². The van der Waals surface area contributed by atoms with E-state index in [1.807, 2.05) is 38.1 Å². The second kappa shape index (κ2) is 6.91. The van der Waals surface area contributed by atoms with Gasteiger partial charge in [0.05, 0.1) is 6.10 Å². The van der Waals surface area contributed by atoms with Crippen molar-refractivity contribution < 1.29 is 17.3 Å². The normalized spacial score (nSPS) is 20.9. The number of hydrogen-bond donors (Lipinski definition) is 0. The highest BCUT2D eigenvalue weighted by atomic mass is 32.2. The minimum absolute atomic E-state index is 0.113. The molecule has 2 atom stereocenters. The average Bonchev–Trinajstić information content (AvgIpc) is 2.94. The molecule has 0 unspecified atom stereocenters. The first-order valence-electron chi connectivity index (χ1n) is 7.99. The summed E-state index contributed by atoms with van der Waals surface area (Å²) in [6.07, 6.45) is 4.08. The van der Waals surface area contributed by atoms with Gasteiger partial charge in [-0.2, -0.15) is 8.42 Å². The molecule has 24 heavy (non-hydrogen) atoms. The molecular formula is C18H21NO4S. The molecule has 0 amide bonds. The quantitative estimate of drug-likeness (QED) is 0.777. The molecule has 0 saturated carbocycles. The number of aryl methyl sites for hydroxylation is 1. The lowest BCUT2D eigenvalue weighted by molar-refractivity contribution is 0.110. The van der Waals surface area contributed by atoms with Crippen molar-refractivity contribution in [3.05, 3.63) is 48.3 Å². The van der Waals surface area contributed by atoms with Crippen molar-refractivity contribution in [2.24, 2.45) is 5.92 Å². The van der Waals surface area contributed by atoms with Crippen LogP contribution in [0.5, 0.6) is 5.75 Å². The summed E-state index contributed by atoms with van der Waals surface area (Å²) in [5, 5.41) is 0. The maximum atomic E-state index is 12.3. The van der Waals surface area contributed by atoms with Crippen LogP contribution in [0.15, 0.2) is 42.7 Å². The van der Waals surface area contributed by atoms with Crippen LogP contribution in [0.1, 0.15) is 18.9 Å². The van der Waals surface area contributed by atoms with Gasteiger partial charge in [0, 0.05) is 24.6 Å². The molecule has 2 heterocycles. The van der Waals surface area contributed by atoms with Crippen LogP contribution in [0.4, 0.5) is 0 Å². The summed E-state index contributed by atoms with van der Waals surface area (Å²) < 4.78 is 35.4. The molecule has 0 radical (unpaired) electrons. The molecule has 1 saturated heterocycles. The molecule has 0 aliphatic carbocycles. The summed E-state index contributed by atoms with van der Waals surface area (Å²) in [7, 11) is -3.69. The molecule has 128 valence electrons. The van der Waals surface area contributed by atoms with Gasteiger partial charge in [-0.3, -0.25) is 4.98 Å². The third kappa shape index (κ3) is 3.94. The molecule has 1 aliphatic heterocycles. The highest BCUT2D eigenvalue weighted by Gasteiger charge is 2.30. The standard InChI is InChI=1S/C18H21NO4S/c1-13-7-9-22-18(13)12-24(20,21)23-17-6-5-15(10-14(17)2)16-4-3-8-19-11-16/h3-6,8,10-11,13,18H,7,9,12H2,1-2H3/t13-,18-/m1/s1. The zero-order valence-corrected chi connectivity index (χ0v) is 14.6. The Balaban J connectivity index is 1.75. The maximum Gasteiger partial charge on any atom is 0.311 e. The fourth-order valence-electron chi connectivity index (χ4n) is 2.80. The monoisotopic (exact) mass is 347 g/mol. The first-order chi connectivity index (χ1) is 11.4. The molecule has 2 aromatic rings. The van der Waals surface area contributed by atoms with Crippen molar-refractivity contribution in [1.29, 1.82) is 0 Å². The van der Waals surface area contributed by atoms with Crippen LogP contribution >= 0.6 is 0 Å². The number of ether oxygens (including phenoxy) is 1. The van der Waals surface area contributed by atoms with Crippen molar-refractivity contribution in [2.75, 3.05) is 12.4 Å². The summed E-state index contributed by atoms with van der Waals surface area (Å²) in [5.41, 5.74) is 2.71. The van der Waals surface area contributed by atoms with Crippen LogP contribution < -0.4 is 4.18 Å². The molecule has 1 aromatic heterocycles. The predicted molar refractivity (Wildman–Crippen MR) is 92.3 cm³/mol. The van der Waals surface area contributed by atoms with Gasteiger partial charge in [-0.15, -0.1) is 0 Å². The summed E-state index contributed by atoms with van der Waals surface area (Å²) in [5.74, 6) is 0.475. The first-order valence-corrected chi connectivity index (χ1v) is 9.57. The van der Waals surface area contributed by atoms with Crippen molar-refractivity contribution in [2.45, 2.75) is 26.4 Å². The zero-order valence-electron chi connectivity index (χ0n) is 13.8. The van der Waals surface area contributed by atoms with Gasteiger partial charge in [0.2, 0.25) is 0 Å².